The first-order valence-corrected chi connectivity index (χ1v) is 4.72. The van der Waals surface area contributed by atoms with Crippen LogP contribution in [0.15, 0.2) is 48.8 Å². The van der Waals surface area contributed by atoms with E-state index in [2.05, 4.69) is 4.98 Å². The molecule has 2 rings (SSSR count). The minimum absolute atomic E-state index is 0.294. The fourth-order valence-electron chi connectivity index (χ4n) is 1.29. The highest BCUT2D eigenvalue weighted by Crippen LogP contribution is 2.18. The van der Waals surface area contributed by atoms with Gasteiger partial charge in [0.15, 0.2) is 0 Å². The van der Waals surface area contributed by atoms with E-state index in [0.717, 1.165) is 11.1 Å². The van der Waals surface area contributed by atoms with E-state index in [1.807, 2.05) is 36.4 Å². The van der Waals surface area contributed by atoms with Gasteiger partial charge in [0.1, 0.15) is 5.75 Å². The largest absolute Gasteiger partial charge is 0.507 e. The SMILES string of the molecule is Oc1ccccc1/C=C\c1ccncc1. The van der Waals surface area contributed by atoms with Crippen LogP contribution in [0.3, 0.4) is 0 Å². The summed E-state index contributed by atoms with van der Waals surface area (Å²) in [6.07, 6.45) is 7.30. The number of phenols is 1. The van der Waals surface area contributed by atoms with Gasteiger partial charge in [0.25, 0.3) is 0 Å². The second kappa shape index (κ2) is 4.42. The standard InChI is InChI=1S/C13H11NO/c15-13-4-2-1-3-12(13)6-5-11-7-9-14-10-8-11/h1-10,15H/b6-5-. The molecule has 0 radical (unpaired) electrons. The van der Waals surface area contributed by atoms with Gasteiger partial charge >= 0.3 is 0 Å². The Balaban J connectivity index is 2.23. The van der Waals surface area contributed by atoms with Crippen molar-refractivity contribution in [2.45, 2.75) is 0 Å². The molecule has 0 saturated carbocycles. The van der Waals surface area contributed by atoms with Crippen molar-refractivity contribution < 1.29 is 5.11 Å². The average Bonchev–Trinajstić information content (AvgIpc) is 2.29. The van der Waals surface area contributed by atoms with Gasteiger partial charge in [0.05, 0.1) is 0 Å². The van der Waals surface area contributed by atoms with Crippen molar-refractivity contribution in [2.75, 3.05) is 0 Å². The molecule has 0 spiro atoms. The van der Waals surface area contributed by atoms with E-state index in [9.17, 15) is 5.11 Å². The first-order chi connectivity index (χ1) is 7.36. The Morgan fingerprint density at radius 3 is 2.40 bits per heavy atom. The third-order valence-electron chi connectivity index (χ3n) is 2.10. The molecule has 0 aliphatic rings. The molecule has 0 fully saturated rings. The van der Waals surface area contributed by atoms with Crippen molar-refractivity contribution in [1.29, 1.82) is 0 Å². The van der Waals surface area contributed by atoms with Gasteiger partial charge in [0.2, 0.25) is 0 Å². The molecule has 1 N–H and O–H groups in total. The Morgan fingerprint density at radius 2 is 1.67 bits per heavy atom. The summed E-state index contributed by atoms with van der Waals surface area (Å²) >= 11 is 0. The van der Waals surface area contributed by atoms with E-state index in [1.54, 1.807) is 24.5 Å². The minimum Gasteiger partial charge on any atom is -0.507 e. The molecule has 74 valence electrons. The molecule has 0 unspecified atom stereocenters. The topological polar surface area (TPSA) is 33.1 Å². The predicted molar refractivity (Wildman–Crippen MR) is 61.3 cm³/mol. The van der Waals surface area contributed by atoms with Crippen molar-refractivity contribution in [3.8, 4) is 5.75 Å². The normalized spacial score (nSPS) is 10.7. The lowest BCUT2D eigenvalue weighted by Crippen LogP contribution is -1.74. The van der Waals surface area contributed by atoms with Gasteiger partial charge in [-0.05, 0) is 23.8 Å². The summed E-state index contributed by atoms with van der Waals surface area (Å²) in [4.78, 5) is 3.93. The fourth-order valence-corrected chi connectivity index (χ4v) is 1.29. The number of hydrogen-bond acceptors (Lipinski definition) is 2. The highest BCUT2D eigenvalue weighted by Gasteiger charge is 1.93. The average molecular weight is 197 g/mol. The third kappa shape index (κ3) is 2.44. The molecule has 0 bridgehead atoms. The fraction of sp³-hybridized carbons (Fsp3) is 0. The monoisotopic (exact) mass is 197 g/mol. The summed E-state index contributed by atoms with van der Waals surface area (Å²) in [5, 5.41) is 9.52. The smallest absolute Gasteiger partial charge is 0.122 e. The van der Waals surface area contributed by atoms with Crippen molar-refractivity contribution in [3.05, 3.63) is 59.9 Å². The van der Waals surface area contributed by atoms with Crippen LogP contribution in [-0.2, 0) is 0 Å². The summed E-state index contributed by atoms with van der Waals surface area (Å²) < 4.78 is 0. The molecule has 0 saturated heterocycles. The van der Waals surface area contributed by atoms with Crippen LogP contribution in [-0.4, -0.2) is 10.1 Å². The Labute approximate surface area is 88.5 Å². The number of benzene rings is 1. The van der Waals surface area contributed by atoms with Crippen LogP contribution >= 0.6 is 0 Å². The van der Waals surface area contributed by atoms with Crippen molar-refractivity contribution in [1.82, 2.24) is 4.98 Å². The highest BCUT2D eigenvalue weighted by molar-refractivity contribution is 5.72. The van der Waals surface area contributed by atoms with Gasteiger partial charge in [0, 0.05) is 18.0 Å². The summed E-state index contributed by atoms with van der Waals surface area (Å²) in [6.45, 7) is 0. The zero-order chi connectivity index (χ0) is 10.5. The first-order valence-electron chi connectivity index (χ1n) is 4.72. The van der Waals surface area contributed by atoms with Crippen LogP contribution in [0.25, 0.3) is 12.2 Å². The van der Waals surface area contributed by atoms with Crippen LogP contribution in [0.1, 0.15) is 11.1 Å². The number of aromatic nitrogens is 1. The molecular formula is C13H11NO. The maximum atomic E-state index is 9.52. The van der Waals surface area contributed by atoms with Crippen molar-refractivity contribution >= 4 is 12.2 Å². The summed E-state index contributed by atoms with van der Waals surface area (Å²) in [6, 6.07) is 11.1. The maximum absolute atomic E-state index is 9.52. The highest BCUT2D eigenvalue weighted by atomic mass is 16.3. The lowest BCUT2D eigenvalue weighted by Gasteiger charge is -1.97. The van der Waals surface area contributed by atoms with E-state index in [4.69, 9.17) is 0 Å². The van der Waals surface area contributed by atoms with Gasteiger partial charge in [-0.1, -0.05) is 30.4 Å². The Hall–Kier alpha value is -2.09. The zero-order valence-corrected chi connectivity index (χ0v) is 8.17. The van der Waals surface area contributed by atoms with Crippen molar-refractivity contribution in [3.63, 3.8) is 0 Å². The second-order valence-electron chi connectivity index (χ2n) is 3.17. The Kier molecular flexibility index (Phi) is 2.79. The second-order valence-corrected chi connectivity index (χ2v) is 3.17. The Morgan fingerprint density at radius 1 is 0.933 bits per heavy atom. The summed E-state index contributed by atoms with van der Waals surface area (Å²) in [7, 11) is 0. The molecule has 0 aliphatic carbocycles. The van der Waals surface area contributed by atoms with Crippen LogP contribution in [0.5, 0.6) is 5.75 Å². The molecule has 15 heavy (non-hydrogen) atoms. The lowest BCUT2D eigenvalue weighted by atomic mass is 10.1. The van der Waals surface area contributed by atoms with Crippen LogP contribution in [0.4, 0.5) is 0 Å². The van der Waals surface area contributed by atoms with Crippen LogP contribution in [0, 0.1) is 0 Å². The molecule has 0 atom stereocenters. The van der Waals surface area contributed by atoms with E-state index < -0.39 is 0 Å². The molecule has 0 amide bonds. The van der Waals surface area contributed by atoms with E-state index >= 15 is 0 Å². The number of pyridine rings is 1. The van der Waals surface area contributed by atoms with E-state index in [0.29, 0.717) is 5.75 Å². The molecule has 2 nitrogen and oxygen atoms in total. The number of phenolic OH excluding ortho intramolecular Hbond substituents is 1. The molecule has 1 aromatic heterocycles. The minimum atomic E-state index is 0.294. The quantitative estimate of drug-likeness (QED) is 0.802. The number of rotatable bonds is 2. The third-order valence-corrected chi connectivity index (χ3v) is 2.10. The molecular weight excluding hydrogens is 186 g/mol. The zero-order valence-electron chi connectivity index (χ0n) is 8.17. The lowest BCUT2D eigenvalue weighted by molar-refractivity contribution is 0.474. The van der Waals surface area contributed by atoms with Gasteiger partial charge in [-0.25, -0.2) is 0 Å². The number of para-hydroxylation sites is 1. The number of nitrogens with zero attached hydrogens (tertiary/aromatic N) is 1. The number of hydrogen-bond donors (Lipinski definition) is 1. The van der Waals surface area contributed by atoms with Crippen LogP contribution < -0.4 is 0 Å². The predicted octanol–water partition coefficient (Wildman–Crippen LogP) is 2.96. The molecule has 1 aromatic carbocycles. The van der Waals surface area contributed by atoms with E-state index in [1.165, 1.54) is 0 Å². The summed E-state index contributed by atoms with van der Waals surface area (Å²) in [5.74, 6) is 0.294. The van der Waals surface area contributed by atoms with Crippen molar-refractivity contribution in [2.24, 2.45) is 0 Å². The summed E-state index contributed by atoms with van der Waals surface area (Å²) in [5.41, 5.74) is 1.88. The molecule has 2 heteroatoms. The molecule has 0 aliphatic heterocycles. The van der Waals surface area contributed by atoms with Gasteiger partial charge < -0.3 is 5.11 Å². The first kappa shape index (κ1) is 9.46. The van der Waals surface area contributed by atoms with Gasteiger partial charge in [-0.15, -0.1) is 0 Å². The van der Waals surface area contributed by atoms with E-state index in [-0.39, 0.29) is 0 Å². The maximum Gasteiger partial charge on any atom is 0.122 e. The number of aromatic hydroxyl groups is 1. The molecule has 1 heterocycles. The van der Waals surface area contributed by atoms with Crippen LogP contribution in [0.2, 0.25) is 0 Å². The van der Waals surface area contributed by atoms with Gasteiger partial charge in [-0.2, -0.15) is 0 Å². The Bertz CT molecular complexity index is 463. The van der Waals surface area contributed by atoms with Gasteiger partial charge in [-0.3, -0.25) is 4.98 Å². The molecule has 2 aromatic rings.